The Labute approximate surface area is 193 Å². The van der Waals surface area contributed by atoms with Crippen LogP contribution in [-0.4, -0.2) is 39.8 Å². The van der Waals surface area contributed by atoms with Gasteiger partial charge in [-0.25, -0.2) is 9.07 Å². The molecule has 1 amide bonds. The highest BCUT2D eigenvalue weighted by atomic mass is 19.1. The Hall–Kier alpha value is -3.19. The van der Waals surface area contributed by atoms with E-state index in [-0.39, 0.29) is 23.7 Å². The molecule has 1 aromatic heterocycles. The number of ether oxygens (including phenoxy) is 2. The van der Waals surface area contributed by atoms with Crippen LogP contribution in [0, 0.1) is 11.7 Å². The van der Waals surface area contributed by atoms with Crippen molar-refractivity contribution in [3.05, 3.63) is 66.0 Å². The van der Waals surface area contributed by atoms with E-state index in [1.54, 1.807) is 16.8 Å². The Morgan fingerprint density at radius 1 is 1.21 bits per heavy atom. The highest BCUT2D eigenvalue weighted by Gasteiger charge is 2.28. The van der Waals surface area contributed by atoms with E-state index in [1.165, 1.54) is 12.1 Å². The topological polar surface area (TPSA) is 56.6 Å². The average molecular weight is 452 g/mol. The molecule has 6 nitrogen and oxygen atoms in total. The lowest BCUT2D eigenvalue weighted by atomic mass is 10.1. The molecule has 0 aliphatic carbocycles. The summed E-state index contributed by atoms with van der Waals surface area (Å²) in [7, 11) is 1.81. The summed E-state index contributed by atoms with van der Waals surface area (Å²) in [5, 5.41) is 4.73. The molecular weight excluding hydrogens is 421 g/mol. The molecule has 2 aromatic carbocycles. The van der Waals surface area contributed by atoms with Crippen molar-refractivity contribution in [3.63, 3.8) is 0 Å². The van der Waals surface area contributed by atoms with Gasteiger partial charge in [0, 0.05) is 31.7 Å². The van der Waals surface area contributed by atoms with Gasteiger partial charge in [-0.1, -0.05) is 44.2 Å². The van der Waals surface area contributed by atoms with E-state index in [0.717, 1.165) is 36.3 Å². The maximum Gasteiger partial charge on any atom is 0.225 e. The highest BCUT2D eigenvalue weighted by Crippen LogP contribution is 2.34. The van der Waals surface area contributed by atoms with Crippen LogP contribution in [0.4, 0.5) is 4.39 Å². The Morgan fingerprint density at radius 3 is 2.58 bits per heavy atom. The van der Waals surface area contributed by atoms with Crippen LogP contribution in [0.5, 0.6) is 11.6 Å². The second kappa shape index (κ2) is 10.2. The summed E-state index contributed by atoms with van der Waals surface area (Å²) in [5.41, 5.74) is 2.50. The summed E-state index contributed by atoms with van der Waals surface area (Å²) >= 11 is 0. The molecule has 1 aliphatic rings. The number of aryl methyl sites for hydroxylation is 1. The molecule has 1 fully saturated rings. The number of aromatic nitrogens is 2. The number of carbonyl (C=O) groups excluding carboxylic acids is 1. The first-order valence-electron chi connectivity index (χ1n) is 11.4. The molecule has 1 aliphatic heterocycles. The summed E-state index contributed by atoms with van der Waals surface area (Å²) in [6.45, 7) is 5.40. The zero-order valence-electron chi connectivity index (χ0n) is 19.3. The highest BCUT2D eigenvalue weighted by molar-refractivity contribution is 5.78. The lowest BCUT2D eigenvalue weighted by Crippen LogP contribution is -2.39. The van der Waals surface area contributed by atoms with E-state index in [0.29, 0.717) is 24.7 Å². The number of hydrogen-bond acceptors (Lipinski definition) is 4. The van der Waals surface area contributed by atoms with Gasteiger partial charge in [0.05, 0.1) is 18.2 Å². The molecule has 0 spiro atoms. The third-order valence-electron chi connectivity index (χ3n) is 5.77. The number of rotatable bonds is 8. The molecule has 1 atom stereocenters. The summed E-state index contributed by atoms with van der Waals surface area (Å²) in [6.07, 6.45) is 1.99. The van der Waals surface area contributed by atoms with E-state index >= 15 is 0 Å². The zero-order chi connectivity index (χ0) is 23.4. The fraction of sp³-hybridized carbons (Fsp3) is 0.385. The van der Waals surface area contributed by atoms with Gasteiger partial charge < -0.3 is 14.4 Å². The molecule has 0 radical (unpaired) electrons. The minimum Gasteiger partial charge on any atom is -0.439 e. The van der Waals surface area contributed by atoms with Crippen LogP contribution in [0.1, 0.15) is 32.3 Å². The van der Waals surface area contributed by atoms with Crippen LogP contribution in [0.3, 0.4) is 0 Å². The van der Waals surface area contributed by atoms with Crippen LogP contribution in [0.2, 0.25) is 0 Å². The predicted molar refractivity (Wildman–Crippen MR) is 124 cm³/mol. The molecule has 3 aromatic rings. The molecule has 174 valence electrons. The van der Waals surface area contributed by atoms with Crippen molar-refractivity contribution in [1.82, 2.24) is 14.7 Å². The smallest absolute Gasteiger partial charge is 0.225 e. The first kappa shape index (κ1) is 23.0. The van der Waals surface area contributed by atoms with Crippen molar-refractivity contribution in [1.29, 1.82) is 0 Å². The Bertz CT molecular complexity index is 1070. The van der Waals surface area contributed by atoms with Crippen molar-refractivity contribution >= 4 is 5.91 Å². The number of benzene rings is 2. The van der Waals surface area contributed by atoms with E-state index in [4.69, 9.17) is 14.6 Å². The van der Waals surface area contributed by atoms with E-state index < -0.39 is 0 Å². The van der Waals surface area contributed by atoms with Crippen molar-refractivity contribution in [2.75, 3.05) is 13.2 Å². The van der Waals surface area contributed by atoms with Gasteiger partial charge in [0.15, 0.2) is 0 Å². The third-order valence-corrected chi connectivity index (χ3v) is 5.77. The average Bonchev–Trinajstić information content (AvgIpc) is 3.43. The maximum absolute atomic E-state index is 13.4. The van der Waals surface area contributed by atoms with Gasteiger partial charge in [-0.2, -0.15) is 5.10 Å². The summed E-state index contributed by atoms with van der Waals surface area (Å²) in [5.74, 6) is 0.601. The third kappa shape index (κ3) is 5.42. The van der Waals surface area contributed by atoms with E-state index in [2.05, 4.69) is 0 Å². The molecular formula is C26H30FN3O3. The Balaban J connectivity index is 1.73. The molecule has 0 saturated carbocycles. The minimum absolute atomic E-state index is 0.0333. The predicted octanol–water partition coefficient (Wildman–Crippen LogP) is 5.18. The molecule has 0 bridgehead atoms. The minimum atomic E-state index is -0.331. The fourth-order valence-corrected chi connectivity index (χ4v) is 4.09. The number of halogens is 1. The van der Waals surface area contributed by atoms with Crippen molar-refractivity contribution in [2.24, 2.45) is 13.0 Å². The first-order chi connectivity index (χ1) is 15.9. The Morgan fingerprint density at radius 2 is 1.94 bits per heavy atom. The monoisotopic (exact) mass is 451 g/mol. The van der Waals surface area contributed by atoms with E-state index in [1.807, 2.05) is 56.1 Å². The molecule has 1 saturated heterocycles. The first-order valence-corrected chi connectivity index (χ1v) is 11.4. The summed E-state index contributed by atoms with van der Waals surface area (Å²) in [4.78, 5) is 15.0. The van der Waals surface area contributed by atoms with Crippen LogP contribution in [-0.2, 0) is 23.1 Å². The number of nitrogens with zero attached hydrogens (tertiary/aromatic N) is 3. The normalized spacial score (nSPS) is 15.7. The largest absolute Gasteiger partial charge is 0.439 e. The molecule has 0 N–H and O–H groups in total. The summed E-state index contributed by atoms with van der Waals surface area (Å²) < 4.78 is 27.1. The van der Waals surface area contributed by atoms with Gasteiger partial charge >= 0.3 is 0 Å². The number of amides is 1. The standard InChI is InChI=1S/C26H30FN3O3/c1-18(2)25(31)30(16-22-10-7-15-32-22)17-23-24(19-8-5-4-6-9-19)28-29(3)26(23)33-21-13-11-20(27)12-14-21/h4-6,8-9,11-14,18,22H,7,10,15-17H2,1-3H3. The quantitative estimate of drug-likeness (QED) is 0.473. The van der Waals surface area contributed by atoms with Gasteiger partial charge in [-0.05, 0) is 37.1 Å². The lowest BCUT2D eigenvalue weighted by molar-refractivity contribution is -0.136. The fourth-order valence-electron chi connectivity index (χ4n) is 4.09. The van der Waals surface area contributed by atoms with Crippen molar-refractivity contribution in [2.45, 2.75) is 39.3 Å². The summed E-state index contributed by atoms with van der Waals surface area (Å²) in [6, 6.07) is 15.7. The Kier molecular flexibility index (Phi) is 7.08. The van der Waals surface area contributed by atoms with Crippen LogP contribution < -0.4 is 4.74 Å². The molecule has 2 heterocycles. The second-order valence-electron chi connectivity index (χ2n) is 8.69. The molecule has 4 rings (SSSR count). The van der Waals surface area contributed by atoms with Gasteiger partial charge in [-0.15, -0.1) is 0 Å². The van der Waals surface area contributed by atoms with Crippen LogP contribution in [0.15, 0.2) is 54.6 Å². The lowest BCUT2D eigenvalue weighted by Gasteiger charge is -2.27. The SMILES string of the molecule is CC(C)C(=O)N(Cc1c(-c2ccccc2)nn(C)c1Oc1ccc(F)cc1)CC1CCCO1. The number of hydrogen-bond donors (Lipinski definition) is 0. The van der Waals surface area contributed by atoms with Gasteiger partial charge in [0.2, 0.25) is 11.8 Å². The second-order valence-corrected chi connectivity index (χ2v) is 8.69. The van der Waals surface area contributed by atoms with Gasteiger partial charge in [0.1, 0.15) is 17.3 Å². The van der Waals surface area contributed by atoms with Gasteiger partial charge in [-0.3, -0.25) is 4.79 Å². The zero-order valence-corrected chi connectivity index (χ0v) is 19.3. The molecule has 33 heavy (non-hydrogen) atoms. The molecule has 1 unspecified atom stereocenters. The van der Waals surface area contributed by atoms with E-state index in [9.17, 15) is 9.18 Å². The number of carbonyl (C=O) groups is 1. The van der Waals surface area contributed by atoms with Gasteiger partial charge in [0.25, 0.3) is 0 Å². The maximum atomic E-state index is 13.4. The van der Waals surface area contributed by atoms with Crippen LogP contribution >= 0.6 is 0 Å². The molecule has 7 heteroatoms. The van der Waals surface area contributed by atoms with Crippen molar-refractivity contribution < 1.29 is 18.7 Å². The van der Waals surface area contributed by atoms with Crippen LogP contribution in [0.25, 0.3) is 11.3 Å². The van der Waals surface area contributed by atoms with Crippen molar-refractivity contribution in [3.8, 4) is 22.9 Å².